The van der Waals surface area contributed by atoms with Crippen LogP contribution in [-0.2, 0) is 0 Å². The molecule has 0 saturated heterocycles. The van der Waals surface area contributed by atoms with E-state index in [0.29, 0.717) is 5.41 Å². The highest BCUT2D eigenvalue weighted by Crippen LogP contribution is 2.20. The van der Waals surface area contributed by atoms with E-state index >= 15 is 0 Å². The molecule has 108 valence electrons. The van der Waals surface area contributed by atoms with Gasteiger partial charge in [0.25, 0.3) is 0 Å². The lowest BCUT2D eigenvalue weighted by Gasteiger charge is -2.18. The molecule has 19 heavy (non-hydrogen) atoms. The molecule has 1 aromatic rings. The van der Waals surface area contributed by atoms with E-state index in [2.05, 4.69) is 43.1 Å². The van der Waals surface area contributed by atoms with Gasteiger partial charge in [-0.1, -0.05) is 26.8 Å². The second-order valence-electron chi connectivity index (χ2n) is 6.42. The van der Waals surface area contributed by atoms with Gasteiger partial charge in [-0.25, -0.2) is 0 Å². The van der Waals surface area contributed by atoms with Gasteiger partial charge < -0.3 is 15.0 Å². The molecule has 1 rings (SSSR count). The molecule has 0 aliphatic heterocycles. The average Bonchev–Trinajstić information content (AvgIpc) is 2.27. The van der Waals surface area contributed by atoms with E-state index in [4.69, 9.17) is 4.74 Å². The topological polar surface area (TPSA) is 24.5 Å². The maximum Gasteiger partial charge on any atom is 0.121 e. The summed E-state index contributed by atoms with van der Waals surface area (Å²) < 4.78 is 5.72. The summed E-state index contributed by atoms with van der Waals surface area (Å²) in [6.07, 6.45) is 1.15. The molecule has 0 saturated carbocycles. The fraction of sp³-hybridized carbons (Fsp3) is 0.625. The van der Waals surface area contributed by atoms with Gasteiger partial charge in [-0.05, 0) is 38.1 Å². The number of benzene rings is 1. The second kappa shape index (κ2) is 7.39. The predicted octanol–water partition coefficient (Wildman–Crippen LogP) is 3.48. The van der Waals surface area contributed by atoms with Gasteiger partial charge in [-0.15, -0.1) is 0 Å². The Morgan fingerprint density at radius 1 is 1.21 bits per heavy atom. The van der Waals surface area contributed by atoms with Crippen molar-refractivity contribution in [1.82, 2.24) is 4.90 Å². The predicted molar refractivity (Wildman–Crippen MR) is 83.1 cm³/mol. The fourth-order valence-electron chi connectivity index (χ4n) is 1.62. The number of likely N-dealkylation sites (N-methyl/N-ethyl adjacent to an activating group) is 1. The van der Waals surface area contributed by atoms with Gasteiger partial charge in [0.05, 0.1) is 0 Å². The van der Waals surface area contributed by atoms with Crippen LogP contribution >= 0.6 is 0 Å². The van der Waals surface area contributed by atoms with Crippen molar-refractivity contribution in [3.8, 4) is 5.75 Å². The number of hydrogen-bond donors (Lipinski definition) is 1. The Morgan fingerprint density at radius 3 is 2.58 bits per heavy atom. The van der Waals surface area contributed by atoms with Crippen molar-refractivity contribution in [2.75, 3.05) is 39.1 Å². The molecule has 0 bridgehead atoms. The lowest BCUT2D eigenvalue weighted by molar-refractivity contribution is 0.261. The molecule has 0 amide bonds. The van der Waals surface area contributed by atoms with E-state index < -0.39 is 0 Å². The molecule has 0 heterocycles. The number of anilines is 1. The van der Waals surface area contributed by atoms with Crippen molar-refractivity contribution >= 4 is 5.69 Å². The van der Waals surface area contributed by atoms with Crippen LogP contribution in [0.2, 0.25) is 0 Å². The summed E-state index contributed by atoms with van der Waals surface area (Å²) in [6.45, 7) is 9.42. The Kier molecular flexibility index (Phi) is 6.16. The molecular weight excluding hydrogens is 236 g/mol. The van der Waals surface area contributed by atoms with Crippen molar-refractivity contribution in [3.05, 3.63) is 24.3 Å². The van der Waals surface area contributed by atoms with E-state index in [9.17, 15) is 0 Å². The average molecular weight is 264 g/mol. The minimum atomic E-state index is 0.368. The van der Waals surface area contributed by atoms with Crippen LogP contribution in [-0.4, -0.2) is 38.7 Å². The summed E-state index contributed by atoms with van der Waals surface area (Å²) in [4.78, 5) is 2.12. The van der Waals surface area contributed by atoms with E-state index in [1.165, 1.54) is 0 Å². The first-order valence-corrected chi connectivity index (χ1v) is 6.98. The smallest absolute Gasteiger partial charge is 0.121 e. The molecule has 3 nitrogen and oxygen atoms in total. The molecule has 0 aliphatic rings. The van der Waals surface area contributed by atoms with E-state index in [1.807, 2.05) is 26.2 Å². The van der Waals surface area contributed by atoms with Gasteiger partial charge in [0.2, 0.25) is 0 Å². The maximum atomic E-state index is 5.72. The Bertz CT molecular complexity index is 369. The normalized spacial score (nSPS) is 11.7. The monoisotopic (exact) mass is 264 g/mol. The van der Waals surface area contributed by atoms with Gasteiger partial charge in [-0.2, -0.15) is 0 Å². The third-order valence-electron chi connectivity index (χ3n) is 2.85. The van der Waals surface area contributed by atoms with Crippen molar-refractivity contribution in [2.45, 2.75) is 27.2 Å². The van der Waals surface area contributed by atoms with Crippen LogP contribution in [0.15, 0.2) is 24.3 Å². The van der Waals surface area contributed by atoms with Crippen LogP contribution < -0.4 is 10.1 Å². The lowest BCUT2D eigenvalue weighted by Crippen LogP contribution is -2.19. The lowest BCUT2D eigenvalue weighted by atomic mass is 9.92. The van der Waals surface area contributed by atoms with Crippen LogP contribution in [0, 0.1) is 5.41 Å². The highest BCUT2D eigenvalue weighted by molar-refractivity contribution is 5.48. The van der Waals surface area contributed by atoms with E-state index in [-0.39, 0.29) is 0 Å². The summed E-state index contributed by atoms with van der Waals surface area (Å²) >= 11 is 0. The molecule has 0 radical (unpaired) electrons. The number of nitrogens with zero attached hydrogens (tertiary/aromatic N) is 1. The quantitative estimate of drug-likeness (QED) is 0.816. The third-order valence-corrected chi connectivity index (χ3v) is 2.85. The molecule has 3 heteroatoms. The van der Waals surface area contributed by atoms with Gasteiger partial charge >= 0.3 is 0 Å². The molecule has 0 fully saturated rings. The van der Waals surface area contributed by atoms with Gasteiger partial charge in [0, 0.05) is 24.8 Å². The van der Waals surface area contributed by atoms with Crippen LogP contribution in [0.5, 0.6) is 5.75 Å². The molecule has 1 aromatic carbocycles. The SMILES string of the molecule is CN(C)CCOc1cccc(NCCC(C)(C)C)c1. The van der Waals surface area contributed by atoms with Crippen molar-refractivity contribution in [1.29, 1.82) is 0 Å². The van der Waals surface area contributed by atoms with Crippen LogP contribution in [0.3, 0.4) is 0 Å². The standard InChI is InChI=1S/C16H28N2O/c1-16(2,3)9-10-17-14-7-6-8-15(13-14)19-12-11-18(4)5/h6-8,13,17H,9-12H2,1-5H3. The van der Waals surface area contributed by atoms with Crippen LogP contribution in [0.1, 0.15) is 27.2 Å². The zero-order valence-electron chi connectivity index (χ0n) is 13.0. The zero-order valence-corrected chi connectivity index (χ0v) is 13.0. The summed E-state index contributed by atoms with van der Waals surface area (Å²) in [7, 11) is 4.10. The Morgan fingerprint density at radius 2 is 1.95 bits per heavy atom. The van der Waals surface area contributed by atoms with Crippen molar-refractivity contribution in [3.63, 3.8) is 0 Å². The van der Waals surface area contributed by atoms with Gasteiger partial charge in [-0.3, -0.25) is 0 Å². The number of rotatable bonds is 7. The molecule has 1 N–H and O–H groups in total. The molecule has 0 aromatic heterocycles. The Hall–Kier alpha value is -1.22. The largest absolute Gasteiger partial charge is 0.492 e. The Balaban J connectivity index is 2.39. The van der Waals surface area contributed by atoms with Gasteiger partial charge in [0.15, 0.2) is 0 Å². The summed E-state index contributed by atoms with van der Waals surface area (Å²) in [5.41, 5.74) is 1.50. The molecular formula is C16H28N2O. The Labute approximate surface area is 118 Å². The first-order chi connectivity index (χ1) is 8.87. The highest BCUT2D eigenvalue weighted by atomic mass is 16.5. The van der Waals surface area contributed by atoms with Crippen molar-refractivity contribution < 1.29 is 4.74 Å². The maximum absolute atomic E-state index is 5.72. The molecule has 0 aliphatic carbocycles. The molecule has 0 spiro atoms. The number of ether oxygens (including phenoxy) is 1. The first-order valence-electron chi connectivity index (χ1n) is 6.98. The minimum Gasteiger partial charge on any atom is -0.492 e. The van der Waals surface area contributed by atoms with Gasteiger partial charge in [0.1, 0.15) is 12.4 Å². The fourth-order valence-corrected chi connectivity index (χ4v) is 1.62. The first kappa shape index (κ1) is 15.8. The number of hydrogen-bond acceptors (Lipinski definition) is 3. The summed E-state index contributed by atoms with van der Waals surface area (Å²) in [5, 5.41) is 3.45. The van der Waals surface area contributed by atoms with Crippen LogP contribution in [0.4, 0.5) is 5.69 Å². The summed E-state index contributed by atoms with van der Waals surface area (Å²) in [6, 6.07) is 8.19. The zero-order chi connectivity index (χ0) is 14.3. The van der Waals surface area contributed by atoms with Crippen molar-refractivity contribution in [2.24, 2.45) is 5.41 Å². The number of nitrogens with one attached hydrogen (secondary N) is 1. The van der Waals surface area contributed by atoms with Crippen LogP contribution in [0.25, 0.3) is 0 Å². The molecule has 0 atom stereocenters. The summed E-state index contributed by atoms with van der Waals surface area (Å²) in [5.74, 6) is 0.933. The second-order valence-corrected chi connectivity index (χ2v) is 6.42. The van der Waals surface area contributed by atoms with E-state index in [0.717, 1.165) is 37.6 Å². The minimum absolute atomic E-state index is 0.368. The van der Waals surface area contributed by atoms with E-state index in [1.54, 1.807) is 0 Å². The third kappa shape index (κ3) is 7.73. The highest BCUT2D eigenvalue weighted by Gasteiger charge is 2.09. The molecule has 0 unspecified atom stereocenters.